The molecule has 0 N–H and O–H groups in total. The molecule has 2 aromatic carbocycles. The van der Waals surface area contributed by atoms with Gasteiger partial charge in [0.15, 0.2) is 0 Å². The lowest BCUT2D eigenvalue weighted by Crippen LogP contribution is -2.13. The molecule has 1 fully saturated rings. The van der Waals surface area contributed by atoms with Crippen molar-refractivity contribution in [3.8, 4) is 11.8 Å². The molecule has 0 unspecified atom stereocenters. The molecule has 0 aromatic heterocycles. The van der Waals surface area contributed by atoms with Crippen LogP contribution in [0.4, 0.5) is 8.78 Å². The highest BCUT2D eigenvalue weighted by Crippen LogP contribution is 2.37. The van der Waals surface area contributed by atoms with Gasteiger partial charge in [0.2, 0.25) is 0 Å². The summed E-state index contributed by atoms with van der Waals surface area (Å²) in [5, 5.41) is 0. The van der Waals surface area contributed by atoms with Crippen LogP contribution in [0.1, 0.15) is 66.7 Å². The fourth-order valence-corrected chi connectivity index (χ4v) is 3.88. The van der Waals surface area contributed by atoms with Gasteiger partial charge in [0.25, 0.3) is 0 Å². The molecule has 0 heterocycles. The molecule has 1 aliphatic rings. The van der Waals surface area contributed by atoms with Crippen molar-refractivity contribution < 1.29 is 8.78 Å². The highest BCUT2D eigenvalue weighted by Gasteiger charge is 2.22. The summed E-state index contributed by atoms with van der Waals surface area (Å²) in [6.45, 7) is 5.62. The molecule has 2 heteroatoms. The topological polar surface area (TPSA) is 0 Å². The maximum Gasteiger partial charge on any atom is 0.139 e. The summed E-state index contributed by atoms with van der Waals surface area (Å²) in [6, 6.07) is 10.2. The van der Waals surface area contributed by atoms with E-state index >= 15 is 0 Å². The molecule has 0 amide bonds. The van der Waals surface area contributed by atoms with E-state index in [1.54, 1.807) is 24.3 Å². The first kappa shape index (κ1) is 19.4. The number of benzene rings is 2. The fraction of sp³-hybridized carbons (Fsp3) is 0.360. The first-order valence-electron chi connectivity index (χ1n) is 9.75. The zero-order valence-electron chi connectivity index (χ0n) is 15.9. The molecule has 0 radical (unpaired) electrons. The van der Waals surface area contributed by atoms with E-state index in [1.165, 1.54) is 25.3 Å². The van der Waals surface area contributed by atoms with Gasteiger partial charge in [0, 0.05) is 0 Å². The van der Waals surface area contributed by atoms with Crippen LogP contribution in [0.15, 0.2) is 49.1 Å². The lowest BCUT2D eigenvalue weighted by atomic mass is 9.77. The van der Waals surface area contributed by atoms with Crippen LogP contribution in [-0.2, 0) is 0 Å². The van der Waals surface area contributed by atoms with Gasteiger partial charge in [0.05, 0.1) is 11.1 Å². The Labute approximate surface area is 161 Å². The minimum atomic E-state index is -0.368. The fourth-order valence-electron chi connectivity index (χ4n) is 3.88. The van der Waals surface area contributed by atoms with Crippen molar-refractivity contribution in [2.24, 2.45) is 5.92 Å². The van der Waals surface area contributed by atoms with Crippen LogP contribution in [0.2, 0.25) is 0 Å². The Bertz CT molecular complexity index is 862. The van der Waals surface area contributed by atoms with E-state index in [-0.39, 0.29) is 11.6 Å². The van der Waals surface area contributed by atoms with Crippen LogP contribution >= 0.6 is 0 Å². The third-order valence-electron chi connectivity index (χ3n) is 5.55. The number of allylic oxidation sites excluding steroid dienone is 1. The Kier molecular flexibility index (Phi) is 6.45. The SMILES string of the molecule is C=CCCC1CCC(c2ccc(C#Cc3ccc(C)cc3F)c(F)c2)CC1. The lowest BCUT2D eigenvalue weighted by Gasteiger charge is -2.28. The van der Waals surface area contributed by atoms with Gasteiger partial charge in [-0.1, -0.05) is 30.0 Å². The molecule has 0 spiro atoms. The lowest BCUT2D eigenvalue weighted by molar-refractivity contribution is 0.311. The zero-order chi connectivity index (χ0) is 19.2. The minimum Gasteiger partial charge on any atom is -0.206 e. The molecule has 0 atom stereocenters. The Morgan fingerprint density at radius 2 is 1.59 bits per heavy atom. The minimum absolute atomic E-state index is 0.293. The summed E-state index contributed by atoms with van der Waals surface area (Å²) >= 11 is 0. The van der Waals surface area contributed by atoms with Gasteiger partial charge in [-0.2, -0.15) is 0 Å². The van der Waals surface area contributed by atoms with E-state index in [2.05, 4.69) is 18.4 Å². The van der Waals surface area contributed by atoms with Crippen molar-refractivity contribution in [3.05, 3.63) is 82.9 Å². The van der Waals surface area contributed by atoms with E-state index in [1.807, 2.05) is 19.1 Å². The number of halogens is 2. The van der Waals surface area contributed by atoms with Crippen LogP contribution in [0, 0.1) is 36.3 Å². The summed E-state index contributed by atoms with van der Waals surface area (Å²) in [4.78, 5) is 0. The summed E-state index contributed by atoms with van der Waals surface area (Å²) in [7, 11) is 0. The molecule has 0 bridgehead atoms. The summed E-state index contributed by atoms with van der Waals surface area (Å²) in [5.41, 5.74) is 2.51. The third-order valence-corrected chi connectivity index (χ3v) is 5.55. The Balaban J connectivity index is 1.68. The second-order valence-electron chi connectivity index (χ2n) is 7.56. The molecule has 27 heavy (non-hydrogen) atoms. The van der Waals surface area contributed by atoms with Crippen molar-refractivity contribution in [2.45, 2.75) is 51.4 Å². The standard InChI is InChI=1S/C25H26F2/c1-3-4-5-19-7-10-20(11-8-19)23-15-14-22(25(27)17-23)13-12-21-9-6-18(2)16-24(21)26/h3,6,9,14-17,19-20H,1,4-5,7-8,10-11H2,2H3. The van der Waals surface area contributed by atoms with Crippen molar-refractivity contribution >= 4 is 0 Å². The summed E-state index contributed by atoms with van der Waals surface area (Å²) in [5.74, 6) is 6.04. The van der Waals surface area contributed by atoms with Gasteiger partial charge in [0.1, 0.15) is 11.6 Å². The molecule has 0 aliphatic heterocycles. The summed E-state index contributed by atoms with van der Waals surface area (Å²) in [6.07, 6.45) is 8.92. The normalized spacial score (nSPS) is 19.2. The number of hydrogen-bond donors (Lipinski definition) is 0. The largest absolute Gasteiger partial charge is 0.206 e. The van der Waals surface area contributed by atoms with Gasteiger partial charge in [-0.05, 0) is 92.7 Å². The van der Waals surface area contributed by atoms with Gasteiger partial charge in [-0.15, -0.1) is 6.58 Å². The molecular weight excluding hydrogens is 338 g/mol. The van der Waals surface area contributed by atoms with Crippen LogP contribution in [0.25, 0.3) is 0 Å². The first-order chi connectivity index (χ1) is 13.1. The molecule has 1 aliphatic carbocycles. The van der Waals surface area contributed by atoms with Gasteiger partial charge in [-0.3, -0.25) is 0 Å². The van der Waals surface area contributed by atoms with Crippen molar-refractivity contribution in [1.82, 2.24) is 0 Å². The molecule has 2 aromatic rings. The molecule has 1 saturated carbocycles. The Hall–Kier alpha value is -2.40. The average Bonchev–Trinajstić information content (AvgIpc) is 2.67. The third kappa shape index (κ3) is 5.07. The second-order valence-corrected chi connectivity index (χ2v) is 7.56. The van der Waals surface area contributed by atoms with Crippen LogP contribution in [0.5, 0.6) is 0 Å². The highest BCUT2D eigenvalue weighted by molar-refractivity contribution is 5.45. The van der Waals surface area contributed by atoms with E-state index in [9.17, 15) is 8.78 Å². The number of aryl methyl sites for hydroxylation is 1. The van der Waals surface area contributed by atoms with Crippen molar-refractivity contribution in [1.29, 1.82) is 0 Å². The first-order valence-corrected chi connectivity index (χ1v) is 9.75. The van der Waals surface area contributed by atoms with Crippen LogP contribution in [-0.4, -0.2) is 0 Å². The monoisotopic (exact) mass is 364 g/mol. The van der Waals surface area contributed by atoms with Gasteiger partial charge >= 0.3 is 0 Å². The molecule has 0 saturated heterocycles. The van der Waals surface area contributed by atoms with E-state index in [4.69, 9.17) is 0 Å². The molecule has 3 rings (SSSR count). The Morgan fingerprint density at radius 3 is 2.19 bits per heavy atom. The van der Waals surface area contributed by atoms with Gasteiger partial charge in [-0.25, -0.2) is 8.78 Å². The maximum atomic E-state index is 14.5. The zero-order valence-corrected chi connectivity index (χ0v) is 15.9. The molecule has 0 nitrogen and oxygen atoms in total. The summed E-state index contributed by atoms with van der Waals surface area (Å²) < 4.78 is 28.4. The van der Waals surface area contributed by atoms with Crippen molar-refractivity contribution in [2.75, 3.05) is 0 Å². The van der Waals surface area contributed by atoms with Gasteiger partial charge < -0.3 is 0 Å². The quantitative estimate of drug-likeness (QED) is 0.408. The van der Waals surface area contributed by atoms with E-state index in [0.717, 1.165) is 36.3 Å². The van der Waals surface area contributed by atoms with E-state index < -0.39 is 0 Å². The van der Waals surface area contributed by atoms with Crippen LogP contribution in [0.3, 0.4) is 0 Å². The Morgan fingerprint density at radius 1 is 0.963 bits per heavy atom. The van der Waals surface area contributed by atoms with Crippen LogP contribution < -0.4 is 0 Å². The molecular formula is C25H26F2. The average molecular weight is 364 g/mol. The predicted octanol–water partition coefficient (Wildman–Crippen LogP) is 6.91. The predicted molar refractivity (Wildman–Crippen MR) is 108 cm³/mol. The number of hydrogen-bond acceptors (Lipinski definition) is 0. The molecule has 140 valence electrons. The number of rotatable bonds is 4. The smallest absolute Gasteiger partial charge is 0.139 e. The van der Waals surface area contributed by atoms with Crippen molar-refractivity contribution in [3.63, 3.8) is 0 Å². The van der Waals surface area contributed by atoms with E-state index in [0.29, 0.717) is 17.0 Å². The second kappa shape index (κ2) is 9.00. The highest BCUT2D eigenvalue weighted by atomic mass is 19.1. The maximum absolute atomic E-state index is 14.5.